The van der Waals surface area contributed by atoms with Crippen LogP contribution in [0, 0.1) is 5.92 Å². The van der Waals surface area contributed by atoms with Crippen molar-refractivity contribution in [2.24, 2.45) is 5.92 Å². The number of piperidine rings is 1. The monoisotopic (exact) mass is 359 g/mol. The van der Waals surface area contributed by atoms with Gasteiger partial charge in [0.1, 0.15) is 5.82 Å². The van der Waals surface area contributed by atoms with Gasteiger partial charge in [-0.3, -0.25) is 4.90 Å². The van der Waals surface area contributed by atoms with E-state index in [9.17, 15) is 18.3 Å². The summed E-state index contributed by atoms with van der Waals surface area (Å²) < 4.78 is 43.4. The molecule has 8 heteroatoms. The third-order valence-corrected chi connectivity index (χ3v) is 5.01. The van der Waals surface area contributed by atoms with Crippen LogP contribution in [-0.4, -0.2) is 67.0 Å². The lowest BCUT2D eigenvalue weighted by molar-refractivity contribution is -0.137. The van der Waals surface area contributed by atoms with E-state index in [1.165, 1.54) is 6.07 Å². The van der Waals surface area contributed by atoms with Gasteiger partial charge >= 0.3 is 6.18 Å². The standard InChI is InChI=1S/C17H24F3N3O2/c18-17(19,20)14-1-2-16(21-9-14)22-5-3-15(4-6-22)23-7-8-25-12-13(10-23)11-24/h1-2,9,13,15,24H,3-8,10-12H2. The SMILES string of the molecule is OCC1COCCN(C2CCN(c3ccc(C(F)(F)F)cn3)CC2)C1. The van der Waals surface area contributed by atoms with Gasteiger partial charge in [-0.2, -0.15) is 13.2 Å². The summed E-state index contributed by atoms with van der Waals surface area (Å²) in [6, 6.07) is 2.96. The van der Waals surface area contributed by atoms with Gasteiger partial charge in [-0.1, -0.05) is 0 Å². The number of rotatable bonds is 3. The minimum Gasteiger partial charge on any atom is -0.396 e. The van der Waals surface area contributed by atoms with E-state index in [0.29, 0.717) is 25.1 Å². The predicted octanol–water partition coefficient (Wildman–Crippen LogP) is 2.01. The van der Waals surface area contributed by atoms with Crippen molar-refractivity contribution >= 4 is 5.82 Å². The lowest BCUT2D eigenvalue weighted by Crippen LogP contribution is -2.47. The van der Waals surface area contributed by atoms with Gasteiger partial charge in [0.15, 0.2) is 0 Å². The van der Waals surface area contributed by atoms with Crippen LogP contribution in [0.25, 0.3) is 0 Å². The van der Waals surface area contributed by atoms with E-state index in [1.54, 1.807) is 0 Å². The van der Waals surface area contributed by atoms with Crippen LogP contribution in [0.2, 0.25) is 0 Å². The van der Waals surface area contributed by atoms with Gasteiger partial charge < -0.3 is 14.7 Å². The third-order valence-electron chi connectivity index (χ3n) is 5.01. The van der Waals surface area contributed by atoms with Crippen LogP contribution >= 0.6 is 0 Å². The van der Waals surface area contributed by atoms with Crippen molar-refractivity contribution in [1.82, 2.24) is 9.88 Å². The highest BCUT2D eigenvalue weighted by atomic mass is 19.4. The molecule has 25 heavy (non-hydrogen) atoms. The topological polar surface area (TPSA) is 48.8 Å². The zero-order valence-corrected chi connectivity index (χ0v) is 14.1. The summed E-state index contributed by atoms with van der Waals surface area (Å²) in [5, 5.41) is 9.40. The second-order valence-electron chi connectivity index (χ2n) is 6.74. The van der Waals surface area contributed by atoms with Crippen molar-refractivity contribution in [2.45, 2.75) is 25.1 Å². The second-order valence-corrected chi connectivity index (χ2v) is 6.74. The molecule has 1 unspecified atom stereocenters. The smallest absolute Gasteiger partial charge is 0.396 e. The highest BCUT2D eigenvalue weighted by Crippen LogP contribution is 2.30. The zero-order chi connectivity index (χ0) is 17.9. The Bertz CT molecular complexity index is 545. The molecule has 1 atom stereocenters. The average Bonchev–Trinajstić information content (AvgIpc) is 2.87. The number of anilines is 1. The Morgan fingerprint density at radius 3 is 2.56 bits per heavy atom. The first-order valence-electron chi connectivity index (χ1n) is 8.68. The maximum Gasteiger partial charge on any atom is 0.417 e. The lowest BCUT2D eigenvalue weighted by Gasteiger charge is -2.39. The highest BCUT2D eigenvalue weighted by Gasteiger charge is 2.32. The van der Waals surface area contributed by atoms with E-state index in [4.69, 9.17) is 4.74 Å². The molecule has 1 aromatic rings. The third kappa shape index (κ3) is 4.62. The lowest BCUT2D eigenvalue weighted by atomic mass is 10.0. The Balaban J connectivity index is 1.56. The number of aromatic nitrogens is 1. The Morgan fingerprint density at radius 1 is 1.20 bits per heavy atom. The first-order chi connectivity index (χ1) is 12.0. The van der Waals surface area contributed by atoms with E-state index >= 15 is 0 Å². The van der Waals surface area contributed by atoms with Crippen molar-refractivity contribution in [3.8, 4) is 0 Å². The van der Waals surface area contributed by atoms with Crippen LogP contribution in [0.15, 0.2) is 18.3 Å². The number of hydrogen-bond donors (Lipinski definition) is 1. The Hall–Kier alpha value is -1.38. The number of halogens is 3. The van der Waals surface area contributed by atoms with Gasteiger partial charge in [0.25, 0.3) is 0 Å². The molecule has 2 saturated heterocycles. The summed E-state index contributed by atoms with van der Waals surface area (Å²) in [7, 11) is 0. The highest BCUT2D eigenvalue weighted by molar-refractivity contribution is 5.40. The Morgan fingerprint density at radius 2 is 1.96 bits per heavy atom. The van der Waals surface area contributed by atoms with E-state index in [0.717, 1.165) is 51.3 Å². The number of hydrogen-bond acceptors (Lipinski definition) is 5. The van der Waals surface area contributed by atoms with Crippen LogP contribution in [-0.2, 0) is 10.9 Å². The molecule has 0 aliphatic carbocycles. The summed E-state index contributed by atoms with van der Waals surface area (Å²) in [6.45, 7) is 4.64. The normalized spacial score (nSPS) is 24.3. The molecule has 3 rings (SSSR count). The number of pyridine rings is 1. The van der Waals surface area contributed by atoms with Crippen molar-refractivity contribution in [1.29, 1.82) is 0 Å². The summed E-state index contributed by atoms with van der Waals surface area (Å²) in [5.41, 5.74) is -0.717. The number of ether oxygens (including phenoxy) is 1. The van der Waals surface area contributed by atoms with Gasteiger partial charge in [-0.15, -0.1) is 0 Å². The van der Waals surface area contributed by atoms with Crippen LogP contribution < -0.4 is 4.90 Å². The molecule has 2 aliphatic heterocycles. The van der Waals surface area contributed by atoms with Crippen LogP contribution in [0.3, 0.4) is 0 Å². The minimum atomic E-state index is -4.35. The van der Waals surface area contributed by atoms with Gasteiger partial charge in [-0.05, 0) is 25.0 Å². The summed E-state index contributed by atoms with van der Waals surface area (Å²) in [5.74, 6) is 0.746. The number of aliphatic hydroxyl groups excluding tert-OH is 1. The molecule has 5 nitrogen and oxygen atoms in total. The molecule has 140 valence electrons. The Kier molecular flexibility index (Phi) is 5.81. The van der Waals surface area contributed by atoms with Crippen molar-refractivity contribution in [3.63, 3.8) is 0 Å². The second kappa shape index (κ2) is 7.88. The van der Waals surface area contributed by atoms with Crippen LogP contribution in [0.5, 0.6) is 0 Å². The molecular weight excluding hydrogens is 335 g/mol. The summed E-state index contributed by atoms with van der Waals surface area (Å²) in [6.07, 6.45) is -1.59. The number of nitrogens with zero attached hydrogens (tertiary/aromatic N) is 3. The molecule has 3 heterocycles. The molecule has 0 bridgehead atoms. The van der Waals surface area contributed by atoms with E-state index in [1.807, 2.05) is 4.90 Å². The van der Waals surface area contributed by atoms with Crippen LogP contribution in [0.4, 0.5) is 19.0 Å². The molecular formula is C17H24F3N3O2. The molecule has 0 spiro atoms. The molecule has 2 fully saturated rings. The first kappa shape index (κ1) is 18.4. The zero-order valence-electron chi connectivity index (χ0n) is 14.1. The fourth-order valence-electron chi connectivity index (χ4n) is 3.55. The summed E-state index contributed by atoms with van der Waals surface area (Å²) in [4.78, 5) is 8.40. The number of alkyl halides is 3. The fraction of sp³-hybridized carbons (Fsp3) is 0.706. The molecule has 0 aromatic carbocycles. The van der Waals surface area contributed by atoms with Crippen molar-refractivity contribution in [2.75, 3.05) is 50.9 Å². The van der Waals surface area contributed by atoms with E-state index in [2.05, 4.69) is 9.88 Å². The average molecular weight is 359 g/mol. The largest absolute Gasteiger partial charge is 0.417 e. The molecule has 0 amide bonds. The van der Waals surface area contributed by atoms with Gasteiger partial charge in [0, 0.05) is 50.9 Å². The molecule has 0 saturated carbocycles. The maximum absolute atomic E-state index is 12.6. The predicted molar refractivity (Wildman–Crippen MR) is 87.4 cm³/mol. The first-order valence-corrected chi connectivity index (χ1v) is 8.68. The maximum atomic E-state index is 12.6. The molecule has 1 N–H and O–H groups in total. The van der Waals surface area contributed by atoms with Crippen LogP contribution in [0.1, 0.15) is 18.4 Å². The van der Waals surface area contributed by atoms with E-state index < -0.39 is 11.7 Å². The van der Waals surface area contributed by atoms with Gasteiger partial charge in [0.05, 0.1) is 18.8 Å². The molecule has 1 aromatic heterocycles. The number of aliphatic hydroxyl groups is 1. The van der Waals surface area contributed by atoms with Crippen molar-refractivity contribution in [3.05, 3.63) is 23.9 Å². The molecule has 0 radical (unpaired) electrons. The quantitative estimate of drug-likeness (QED) is 0.895. The Labute approximate surface area is 145 Å². The van der Waals surface area contributed by atoms with Crippen molar-refractivity contribution < 1.29 is 23.0 Å². The van der Waals surface area contributed by atoms with Gasteiger partial charge in [-0.25, -0.2) is 4.98 Å². The summed E-state index contributed by atoms with van der Waals surface area (Å²) >= 11 is 0. The molecule has 2 aliphatic rings. The van der Waals surface area contributed by atoms with Gasteiger partial charge in [0.2, 0.25) is 0 Å². The van der Waals surface area contributed by atoms with E-state index in [-0.39, 0.29) is 12.5 Å². The fourth-order valence-corrected chi connectivity index (χ4v) is 3.55. The minimum absolute atomic E-state index is 0.130.